The first kappa shape index (κ1) is 15.1. The zero-order valence-electron chi connectivity index (χ0n) is 13.6. The second kappa shape index (κ2) is 5.14. The highest BCUT2D eigenvalue weighted by atomic mass is 16.7. The topological polar surface area (TPSA) is 56.4 Å². The van der Waals surface area contributed by atoms with Crippen molar-refractivity contribution in [2.24, 2.45) is 0 Å². The third-order valence-corrected chi connectivity index (χ3v) is 4.55. The van der Waals surface area contributed by atoms with E-state index in [0.717, 1.165) is 22.5 Å². The Morgan fingerprint density at radius 1 is 1.14 bits per heavy atom. The molecule has 6 heteroatoms. The Balaban J connectivity index is 2.04. The van der Waals surface area contributed by atoms with Crippen molar-refractivity contribution >= 4 is 12.6 Å². The first-order valence-corrected chi connectivity index (χ1v) is 7.37. The number of rotatable bonds is 3. The molecule has 1 saturated heterocycles. The Hall–Kier alpha value is -1.79. The van der Waals surface area contributed by atoms with E-state index in [4.69, 9.17) is 14.0 Å². The number of methoxy groups -OCH3 is 1. The summed E-state index contributed by atoms with van der Waals surface area (Å²) >= 11 is 0. The number of H-pyrrole nitrogens is 1. The molecular weight excluding hydrogens is 279 g/mol. The molecule has 3 rings (SSSR count). The van der Waals surface area contributed by atoms with Gasteiger partial charge in [-0.1, -0.05) is 12.1 Å². The predicted octanol–water partition coefficient (Wildman–Crippen LogP) is 2.38. The lowest BCUT2D eigenvalue weighted by Crippen LogP contribution is -2.41. The normalized spacial score (nSPS) is 19.4. The van der Waals surface area contributed by atoms with Crippen LogP contribution in [0.25, 0.3) is 11.3 Å². The van der Waals surface area contributed by atoms with Crippen LogP contribution in [0.4, 0.5) is 0 Å². The number of para-hydroxylation sites is 1. The molecule has 0 saturated carbocycles. The third-order valence-electron chi connectivity index (χ3n) is 4.55. The van der Waals surface area contributed by atoms with Crippen LogP contribution >= 0.6 is 0 Å². The number of hydrogen-bond donors (Lipinski definition) is 1. The van der Waals surface area contributed by atoms with Crippen molar-refractivity contribution in [2.45, 2.75) is 38.9 Å². The molecule has 1 fully saturated rings. The monoisotopic (exact) mass is 300 g/mol. The van der Waals surface area contributed by atoms with Gasteiger partial charge in [0, 0.05) is 11.0 Å². The fourth-order valence-electron chi connectivity index (χ4n) is 2.55. The lowest BCUT2D eigenvalue weighted by atomic mass is 9.77. The number of nitrogens with one attached hydrogen (secondary N) is 1. The van der Waals surface area contributed by atoms with Gasteiger partial charge in [-0.05, 0) is 33.8 Å². The van der Waals surface area contributed by atoms with Crippen molar-refractivity contribution in [3.8, 4) is 17.0 Å². The standard InChI is InChI=1S/C16H21BN2O3/c1-15(2)16(3,4)22-17(21-15)12-8-6-7-11(14(12)20-5)13-9-18-10-19-13/h6-10H,1-5H3,(H,18,19). The van der Waals surface area contributed by atoms with Gasteiger partial charge in [0.15, 0.2) is 0 Å². The summed E-state index contributed by atoms with van der Waals surface area (Å²) in [6.07, 6.45) is 3.42. The summed E-state index contributed by atoms with van der Waals surface area (Å²) in [6.45, 7) is 8.16. The summed E-state index contributed by atoms with van der Waals surface area (Å²) in [4.78, 5) is 7.18. The lowest BCUT2D eigenvalue weighted by molar-refractivity contribution is 0.00578. The minimum absolute atomic E-state index is 0.382. The van der Waals surface area contributed by atoms with Crippen molar-refractivity contribution < 1.29 is 14.0 Å². The molecule has 1 aliphatic rings. The van der Waals surface area contributed by atoms with E-state index >= 15 is 0 Å². The third kappa shape index (κ3) is 2.32. The molecule has 0 radical (unpaired) electrons. The van der Waals surface area contributed by atoms with E-state index in [9.17, 15) is 0 Å². The highest BCUT2D eigenvalue weighted by Crippen LogP contribution is 2.38. The minimum Gasteiger partial charge on any atom is -0.496 e. The molecule has 0 aliphatic carbocycles. The van der Waals surface area contributed by atoms with E-state index in [1.165, 1.54) is 0 Å². The van der Waals surface area contributed by atoms with Gasteiger partial charge in [-0.2, -0.15) is 0 Å². The molecule has 0 unspecified atom stereocenters. The SMILES string of the molecule is COc1c(B2OC(C)(C)C(C)(C)O2)cccc1-c1cnc[nH]1. The fraction of sp³-hybridized carbons (Fsp3) is 0.438. The van der Waals surface area contributed by atoms with Gasteiger partial charge in [-0.15, -0.1) is 0 Å². The maximum Gasteiger partial charge on any atom is 0.498 e. The molecule has 1 aromatic heterocycles. The van der Waals surface area contributed by atoms with Gasteiger partial charge in [-0.3, -0.25) is 0 Å². The smallest absolute Gasteiger partial charge is 0.496 e. The van der Waals surface area contributed by atoms with Crippen LogP contribution in [0, 0.1) is 0 Å². The number of aromatic amines is 1. The maximum absolute atomic E-state index is 6.14. The maximum atomic E-state index is 6.14. The highest BCUT2D eigenvalue weighted by molar-refractivity contribution is 6.63. The van der Waals surface area contributed by atoms with Gasteiger partial charge in [0.05, 0.1) is 36.5 Å². The Kier molecular flexibility index (Phi) is 3.53. The molecule has 0 spiro atoms. The van der Waals surface area contributed by atoms with Crippen molar-refractivity contribution in [3.05, 3.63) is 30.7 Å². The average Bonchev–Trinajstić information content (AvgIpc) is 3.05. The van der Waals surface area contributed by atoms with E-state index in [1.807, 2.05) is 45.9 Å². The predicted molar refractivity (Wildman–Crippen MR) is 86.3 cm³/mol. The van der Waals surface area contributed by atoms with Gasteiger partial charge >= 0.3 is 7.12 Å². The molecule has 2 aromatic rings. The molecule has 1 aliphatic heterocycles. The zero-order chi connectivity index (χ0) is 16.0. The first-order valence-electron chi connectivity index (χ1n) is 7.37. The van der Waals surface area contributed by atoms with Crippen LogP contribution in [0.15, 0.2) is 30.7 Å². The van der Waals surface area contributed by atoms with E-state index in [1.54, 1.807) is 19.6 Å². The molecule has 0 bridgehead atoms. The number of ether oxygens (including phenoxy) is 1. The number of benzene rings is 1. The molecule has 1 aromatic carbocycles. The molecule has 5 nitrogen and oxygen atoms in total. The van der Waals surface area contributed by atoms with E-state index in [2.05, 4.69) is 9.97 Å². The lowest BCUT2D eigenvalue weighted by Gasteiger charge is -2.32. The van der Waals surface area contributed by atoms with Gasteiger partial charge in [0.2, 0.25) is 0 Å². The second-order valence-electron chi connectivity index (χ2n) is 6.48. The number of imidazole rings is 1. The van der Waals surface area contributed by atoms with Crippen molar-refractivity contribution in [1.82, 2.24) is 9.97 Å². The van der Waals surface area contributed by atoms with Gasteiger partial charge < -0.3 is 19.0 Å². The average molecular weight is 300 g/mol. The number of hydrogen-bond acceptors (Lipinski definition) is 4. The van der Waals surface area contributed by atoms with E-state index in [-0.39, 0.29) is 11.2 Å². The highest BCUT2D eigenvalue weighted by Gasteiger charge is 2.52. The van der Waals surface area contributed by atoms with Crippen molar-refractivity contribution in [2.75, 3.05) is 7.11 Å². The van der Waals surface area contributed by atoms with Crippen LogP contribution in [0.5, 0.6) is 5.75 Å². The van der Waals surface area contributed by atoms with Crippen LogP contribution in [-0.2, 0) is 9.31 Å². The van der Waals surface area contributed by atoms with Crippen LogP contribution in [-0.4, -0.2) is 35.4 Å². The van der Waals surface area contributed by atoms with Crippen LogP contribution < -0.4 is 10.2 Å². The Bertz CT molecular complexity index is 652. The molecule has 0 atom stereocenters. The fourth-order valence-corrected chi connectivity index (χ4v) is 2.55. The number of nitrogens with zero attached hydrogens (tertiary/aromatic N) is 1. The van der Waals surface area contributed by atoms with Gasteiger partial charge in [0.25, 0.3) is 0 Å². The van der Waals surface area contributed by atoms with Crippen LogP contribution in [0.3, 0.4) is 0 Å². The summed E-state index contributed by atoms with van der Waals surface area (Å²) in [5.41, 5.74) is 1.95. The Morgan fingerprint density at radius 3 is 2.36 bits per heavy atom. The zero-order valence-corrected chi connectivity index (χ0v) is 13.6. The molecular formula is C16H21BN2O3. The van der Waals surface area contributed by atoms with Gasteiger partial charge in [0.1, 0.15) is 5.75 Å². The summed E-state index contributed by atoms with van der Waals surface area (Å²) in [7, 11) is 1.20. The van der Waals surface area contributed by atoms with Crippen molar-refractivity contribution in [1.29, 1.82) is 0 Å². The first-order chi connectivity index (χ1) is 10.4. The largest absolute Gasteiger partial charge is 0.498 e. The molecule has 1 N–H and O–H groups in total. The number of aromatic nitrogens is 2. The van der Waals surface area contributed by atoms with Crippen LogP contribution in [0.1, 0.15) is 27.7 Å². The summed E-state index contributed by atoms with van der Waals surface area (Å²) in [5.74, 6) is 0.741. The van der Waals surface area contributed by atoms with E-state index < -0.39 is 7.12 Å². The summed E-state index contributed by atoms with van der Waals surface area (Å²) in [6, 6.07) is 5.93. The summed E-state index contributed by atoms with van der Waals surface area (Å²) < 4.78 is 17.9. The second-order valence-corrected chi connectivity index (χ2v) is 6.48. The molecule has 22 heavy (non-hydrogen) atoms. The molecule has 116 valence electrons. The molecule has 0 amide bonds. The van der Waals surface area contributed by atoms with Crippen LogP contribution in [0.2, 0.25) is 0 Å². The van der Waals surface area contributed by atoms with Gasteiger partial charge in [-0.25, -0.2) is 4.98 Å². The molecule has 2 heterocycles. The Morgan fingerprint density at radius 2 is 1.82 bits per heavy atom. The Labute approximate surface area is 131 Å². The summed E-state index contributed by atoms with van der Waals surface area (Å²) in [5, 5.41) is 0. The van der Waals surface area contributed by atoms with Crippen molar-refractivity contribution in [3.63, 3.8) is 0 Å². The van der Waals surface area contributed by atoms with E-state index in [0.29, 0.717) is 0 Å². The quantitative estimate of drug-likeness (QED) is 0.884. The minimum atomic E-state index is -0.456.